The van der Waals surface area contributed by atoms with Crippen molar-refractivity contribution in [2.45, 2.75) is 24.9 Å². The summed E-state index contributed by atoms with van der Waals surface area (Å²) in [6.07, 6.45) is 2.11. The van der Waals surface area contributed by atoms with E-state index in [1.807, 2.05) is 30.3 Å². The highest BCUT2D eigenvalue weighted by Gasteiger charge is 2.30. The predicted molar refractivity (Wildman–Crippen MR) is 102 cm³/mol. The number of hydrogen-bond acceptors (Lipinski definition) is 4. The van der Waals surface area contributed by atoms with Crippen molar-refractivity contribution in [2.24, 2.45) is 7.05 Å². The van der Waals surface area contributed by atoms with Gasteiger partial charge in [-0.2, -0.15) is 4.31 Å². The molecule has 0 atom stereocenters. The predicted octanol–water partition coefficient (Wildman–Crippen LogP) is 1.33. The van der Waals surface area contributed by atoms with E-state index in [0.29, 0.717) is 38.4 Å². The molecule has 1 aromatic carbocycles. The van der Waals surface area contributed by atoms with Crippen molar-refractivity contribution >= 4 is 16.1 Å². The fraction of sp³-hybridized carbons (Fsp3) is 0.444. The van der Waals surface area contributed by atoms with E-state index in [2.05, 4.69) is 10.3 Å². The van der Waals surface area contributed by atoms with Crippen LogP contribution in [0.5, 0.6) is 0 Å². The van der Waals surface area contributed by atoms with E-state index in [0.717, 1.165) is 5.56 Å². The highest BCUT2D eigenvalue weighted by atomic mass is 32.2. The Bertz CT molecular complexity index is 875. The molecule has 146 valence electrons. The normalized spacial score (nSPS) is 16.1. The van der Waals surface area contributed by atoms with E-state index in [-0.39, 0.29) is 17.6 Å². The molecule has 2 heterocycles. The molecule has 1 aliphatic rings. The first kappa shape index (κ1) is 19.4. The minimum atomic E-state index is -3.65. The third-order valence-electron chi connectivity index (χ3n) is 4.72. The van der Waals surface area contributed by atoms with Crippen LogP contribution in [0.2, 0.25) is 0 Å². The Morgan fingerprint density at radius 3 is 2.56 bits per heavy atom. The van der Waals surface area contributed by atoms with Crippen LogP contribution >= 0.6 is 0 Å². The maximum atomic E-state index is 12.8. The number of carbonyl (C=O) groups excluding carboxylic acids is 1. The van der Waals surface area contributed by atoms with E-state index in [1.165, 1.54) is 10.5 Å². The fourth-order valence-corrected chi connectivity index (χ4v) is 4.50. The van der Waals surface area contributed by atoms with Gasteiger partial charge < -0.3 is 14.8 Å². The number of sulfonamides is 1. The Morgan fingerprint density at radius 2 is 1.89 bits per heavy atom. The van der Waals surface area contributed by atoms with Crippen LogP contribution in [0, 0.1) is 6.92 Å². The van der Waals surface area contributed by atoms with Gasteiger partial charge in [-0.05, 0) is 18.9 Å². The molecule has 0 radical (unpaired) electrons. The van der Waals surface area contributed by atoms with Crippen LogP contribution in [0.25, 0.3) is 0 Å². The molecule has 0 bridgehead atoms. The zero-order valence-corrected chi connectivity index (χ0v) is 16.4. The number of imidazole rings is 1. The van der Waals surface area contributed by atoms with E-state index in [1.54, 1.807) is 23.4 Å². The molecule has 1 aliphatic heterocycles. The van der Waals surface area contributed by atoms with Gasteiger partial charge in [0, 0.05) is 46.0 Å². The summed E-state index contributed by atoms with van der Waals surface area (Å²) in [4.78, 5) is 18.2. The van der Waals surface area contributed by atoms with Crippen molar-refractivity contribution in [3.8, 4) is 0 Å². The minimum absolute atomic E-state index is 0.0597. The summed E-state index contributed by atoms with van der Waals surface area (Å²) in [6.45, 7) is 3.72. The first-order valence-electron chi connectivity index (χ1n) is 8.95. The Kier molecular flexibility index (Phi) is 5.81. The van der Waals surface area contributed by atoms with E-state index < -0.39 is 10.0 Å². The number of nitrogens with zero attached hydrogens (tertiary/aromatic N) is 4. The largest absolute Gasteiger partial charge is 0.337 e. The van der Waals surface area contributed by atoms with Crippen molar-refractivity contribution < 1.29 is 13.2 Å². The van der Waals surface area contributed by atoms with Crippen molar-refractivity contribution in [3.05, 3.63) is 47.9 Å². The highest BCUT2D eigenvalue weighted by molar-refractivity contribution is 7.89. The van der Waals surface area contributed by atoms with Gasteiger partial charge in [0.2, 0.25) is 0 Å². The van der Waals surface area contributed by atoms with Gasteiger partial charge in [-0.3, -0.25) is 0 Å². The molecule has 2 aromatic rings. The molecular weight excluding hydrogens is 366 g/mol. The average molecular weight is 391 g/mol. The Balaban J connectivity index is 1.60. The monoisotopic (exact) mass is 391 g/mol. The lowest BCUT2D eigenvalue weighted by Crippen LogP contribution is -2.42. The molecule has 9 heteroatoms. The van der Waals surface area contributed by atoms with Gasteiger partial charge in [0.1, 0.15) is 5.82 Å². The lowest BCUT2D eigenvalue weighted by Gasteiger charge is -2.21. The number of aryl methyl sites for hydroxylation is 2. The SMILES string of the molecule is Cc1nc(S(=O)(=O)N2CCCN(C(=O)NCc3ccccc3)CC2)cn1C. The van der Waals surface area contributed by atoms with Crippen molar-refractivity contribution in [2.75, 3.05) is 26.2 Å². The van der Waals surface area contributed by atoms with Crippen LogP contribution in [-0.4, -0.2) is 59.4 Å². The van der Waals surface area contributed by atoms with E-state index >= 15 is 0 Å². The van der Waals surface area contributed by atoms with Gasteiger partial charge in [0.05, 0.1) is 0 Å². The molecule has 0 saturated carbocycles. The maximum absolute atomic E-state index is 12.8. The summed E-state index contributed by atoms with van der Waals surface area (Å²) >= 11 is 0. The van der Waals surface area contributed by atoms with Crippen LogP contribution in [0.3, 0.4) is 0 Å². The Hall–Kier alpha value is -2.39. The molecule has 27 heavy (non-hydrogen) atoms. The number of urea groups is 1. The summed E-state index contributed by atoms with van der Waals surface area (Å²) < 4.78 is 28.8. The third kappa shape index (κ3) is 4.48. The first-order chi connectivity index (χ1) is 12.9. The van der Waals surface area contributed by atoms with E-state index in [9.17, 15) is 13.2 Å². The summed E-state index contributed by atoms with van der Waals surface area (Å²) in [6, 6.07) is 9.51. The zero-order valence-electron chi connectivity index (χ0n) is 15.6. The second-order valence-electron chi connectivity index (χ2n) is 6.63. The summed E-state index contributed by atoms with van der Waals surface area (Å²) in [5.41, 5.74) is 1.02. The smallest absolute Gasteiger partial charge is 0.317 e. The van der Waals surface area contributed by atoms with Gasteiger partial charge in [0.25, 0.3) is 10.0 Å². The van der Waals surface area contributed by atoms with Gasteiger partial charge in [-0.25, -0.2) is 18.2 Å². The maximum Gasteiger partial charge on any atom is 0.317 e. The van der Waals surface area contributed by atoms with Crippen LogP contribution in [-0.2, 0) is 23.6 Å². The molecule has 1 saturated heterocycles. The molecule has 1 aromatic heterocycles. The topological polar surface area (TPSA) is 87.5 Å². The van der Waals surface area contributed by atoms with Crippen molar-refractivity contribution in [3.63, 3.8) is 0 Å². The number of benzene rings is 1. The van der Waals surface area contributed by atoms with Crippen LogP contribution in [0.15, 0.2) is 41.6 Å². The van der Waals surface area contributed by atoms with Crippen LogP contribution in [0.1, 0.15) is 17.8 Å². The van der Waals surface area contributed by atoms with Crippen LogP contribution < -0.4 is 5.32 Å². The lowest BCUT2D eigenvalue weighted by atomic mass is 10.2. The highest BCUT2D eigenvalue weighted by Crippen LogP contribution is 2.17. The molecular formula is C18H25N5O3S. The minimum Gasteiger partial charge on any atom is -0.337 e. The van der Waals surface area contributed by atoms with Gasteiger partial charge in [0.15, 0.2) is 5.03 Å². The second-order valence-corrected chi connectivity index (χ2v) is 8.51. The molecule has 0 unspecified atom stereocenters. The third-order valence-corrected chi connectivity index (χ3v) is 6.49. The second kappa shape index (κ2) is 8.10. The number of amides is 2. The lowest BCUT2D eigenvalue weighted by molar-refractivity contribution is 0.200. The fourth-order valence-electron chi connectivity index (χ4n) is 3.01. The summed E-state index contributed by atoms with van der Waals surface area (Å²) in [7, 11) is -1.88. The molecule has 2 amide bonds. The Morgan fingerprint density at radius 1 is 1.15 bits per heavy atom. The molecule has 1 N–H and O–H groups in total. The van der Waals surface area contributed by atoms with Crippen molar-refractivity contribution in [1.29, 1.82) is 0 Å². The summed E-state index contributed by atoms with van der Waals surface area (Å²) in [5.74, 6) is 0.644. The quantitative estimate of drug-likeness (QED) is 0.852. The molecule has 8 nitrogen and oxygen atoms in total. The number of aromatic nitrogens is 2. The zero-order chi connectivity index (χ0) is 19.4. The number of hydrogen-bond donors (Lipinski definition) is 1. The van der Waals surface area contributed by atoms with E-state index in [4.69, 9.17) is 0 Å². The van der Waals surface area contributed by atoms with Gasteiger partial charge in [-0.15, -0.1) is 0 Å². The number of nitrogens with one attached hydrogen (secondary N) is 1. The van der Waals surface area contributed by atoms with Crippen LogP contribution in [0.4, 0.5) is 4.79 Å². The number of carbonyl (C=O) groups is 1. The molecule has 3 rings (SSSR count). The first-order valence-corrected chi connectivity index (χ1v) is 10.4. The average Bonchev–Trinajstić information content (AvgIpc) is 2.87. The molecule has 0 aliphatic carbocycles. The standard InChI is InChI=1S/C18H25N5O3S/c1-15-20-17(14-21(15)2)27(25,26)23-10-6-9-22(11-12-23)18(24)19-13-16-7-4-3-5-8-16/h3-5,7-8,14H,6,9-13H2,1-2H3,(H,19,24). The van der Waals surface area contributed by atoms with Gasteiger partial charge in [-0.1, -0.05) is 30.3 Å². The number of rotatable bonds is 4. The Labute approximate surface area is 159 Å². The molecule has 0 spiro atoms. The molecule has 1 fully saturated rings. The van der Waals surface area contributed by atoms with Gasteiger partial charge >= 0.3 is 6.03 Å². The summed E-state index contributed by atoms with van der Waals surface area (Å²) in [5, 5.41) is 2.96. The van der Waals surface area contributed by atoms with Crippen molar-refractivity contribution in [1.82, 2.24) is 24.1 Å².